The summed E-state index contributed by atoms with van der Waals surface area (Å²) in [6.07, 6.45) is 0. The number of halogens is 1. The fraction of sp³-hybridized carbons (Fsp3) is 0.300. The lowest BCUT2D eigenvalue weighted by Crippen LogP contribution is -3.00. The third-order valence-electron chi connectivity index (χ3n) is 1.64. The predicted octanol–water partition coefficient (Wildman–Crippen LogP) is -1.24. The minimum atomic E-state index is 0. The van der Waals surface area contributed by atoms with Gasteiger partial charge >= 0.3 is 5.90 Å². The SMILES string of the molecule is CC(Oc1ccccc1)=[N+](C)C.[Cl-]. The molecule has 1 aromatic rings. The van der Waals surface area contributed by atoms with Crippen molar-refractivity contribution in [1.82, 2.24) is 0 Å². The van der Waals surface area contributed by atoms with Crippen LogP contribution in [-0.2, 0) is 0 Å². The molecule has 0 bridgehead atoms. The predicted molar refractivity (Wildman–Crippen MR) is 49.9 cm³/mol. The van der Waals surface area contributed by atoms with Crippen molar-refractivity contribution in [2.45, 2.75) is 6.92 Å². The first-order chi connectivity index (χ1) is 5.70. The molecule has 0 aliphatic rings. The molecule has 1 rings (SSSR count). The van der Waals surface area contributed by atoms with Crippen molar-refractivity contribution >= 4 is 5.90 Å². The molecular formula is C10H14ClNO. The minimum absolute atomic E-state index is 0. The molecule has 3 heteroatoms. The molecule has 0 saturated heterocycles. The van der Waals surface area contributed by atoms with E-state index in [1.165, 1.54) is 0 Å². The van der Waals surface area contributed by atoms with Crippen LogP contribution in [0.15, 0.2) is 30.3 Å². The number of para-hydroxylation sites is 1. The van der Waals surface area contributed by atoms with Gasteiger partial charge in [-0.15, -0.1) is 0 Å². The summed E-state index contributed by atoms with van der Waals surface area (Å²) in [4.78, 5) is 0. The van der Waals surface area contributed by atoms with E-state index in [0.717, 1.165) is 11.6 Å². The molecule has 72 valence electrons. The lowest BCUT2D eigenvalue weighted by atomic mass is 10.3. The Balaban J connectivity index is 0.00000144. The molecule has 13 heavy (non-hydrogen) atoms. The molecule has 0 unspecified atom stereocenters. The molecule has 0 aliphatic heterocycles. The number of rotatable bonds is 1. The van der Waals surface area contributed by atoms with Crippen LogP contribution < -0.4 is 17.1 Å². The Morgan fingerprint density at radius 2 is 1.69 bits per heavy atom. The zero-order valence-corrected chi connectivity index (χ0v) is 8.88. The third kappa shape index (κ3) is 3.95. The average Bonchev–Trinajstić information content (AvgIpc) is 2.06. The summed E-state index contributed by atoms with van der Waals surface area (Å²) in [6.45, 7) is 1.94. The molecule has 0 fully saturated rings. The summed E-state index contributed by atoms with van der Waals surface area (Å²) >= 11 is 0. The first-order valence-electron chi connectivity index (χ1n) is 3.94. The van der Waals surface area contributed by atoms with Crippen LogP contribution in [0, 0.1) is 0 Å². The second-order valence-corrected chi connectivity index (χ2v) is 2.83. The van der Waals surface area contributed by atoms with E-state index in [0.29, 0.717) is 0 Å². The van der Waals surface area contributed by atoms with Crippen LogP contribution in [0.2, 0.25) is 0 Å². The molecular weight excluding hydrogens is 186 g/mol. The maximum atomic E-state index is 5.52. The van der Waals surface area contributed by atoms with Crippen LogP contribution in [0.1, 0.15) is 6.92 Å². The second-order valence-electron chi connectivity index (χ2n) is 2.83. The molecule has 0 saturated carbocycles. The van der Waals surface area contributed by atoms with Crippen LogP contribution in [0.4, 0.5) is 0 Å². The van der Waals surface area contributed by atoms with Crippen molar-refractivity contribution in [1.29, 1.82) is 0 Å². The Kier molecular flexibility index (Phi) is 5.16. The molecule has 0 aromatic heterocycles. The van der Waals surface area contributed by atoms with Crippen molar-refractivity contribution in [3.8, 4) is 5.75 Å². The van der Waals surface area contributed by atoms with Gasteiger partial charge in [-0.3, -0.25) is 0 Å². The maximum absolute atomic E-state index is 5.52. The van der Waals surface area contributed by atoms with Gasteiger partial charge in [0.2, 0.25) is 0 Å². The van der Waals surface area contributed by atoms with Crippen molar-refractivity contribution in [2.24, 2.45) is 0 Å². The van der Waals surface area contributed by atoms with Gasteiger partial charge in [-0.2, -0.15) is 0 Å². The molecule has 2 nitrogen and oxygen atoms in total. The van der Waals surface area contributed by atoms with Gasteiger partial charge in [-0.05, 0) is 12.1 Å². The Bertz CT molecular complexity index is 278. The topological polar surface area (TPSA) is 12.2 Å². The zero-order valence-electron chi connectivity index (χ0n) is 8.12. The summed E-state index contributed by atoms with van der Waals surface area (Å²) in [6, 6.07) is 9.76. The van der Waals surface area contributed by atoms with E-state index in [2.05, 4.69) is 0 Å². The van der Waals surface area contributed by atoms with Crippen molar-refractivity contribution in [3.63, 3.8) is 0 Å². The van der Waals surface area contributed by atoms with Gasteiger partial charge in [0.05, 0.1) is 6.92 Å². The lowest BCUT2D eigenvalue weighted by Gasteiger charge is -2.00. The summed E-state index contributed by atoms with van der Waals surface area (Å²) in [5, 5.41) is 0. The number of hydrogen-bond acceptors (Lipinski definition) is 1. The third-order valence-corrected chi connectivity index (χ3v) is 1.64. The molecule has 0 radical (unpaired) electrons. The summed E-state index contributed by atoms with van der Waals surface area (Å²) in [7, 11) is 3.91. The second kappa shape index (κ2) is 5.60. The number of ether oxygens (including phenoxy) is 1. The van der Waals surface area contributed by atoms with Crippen molar-refractivity contribution in [3.05, 3.63) is 30.3 Å². The molecule has 0 aliphatic carbocycles. The van der Waals surface area contributed by atoms with Gasteiger partial charge in [0.15, 0.2) is 0 Å². The summed E-state index contributed by atoms with van der Waals surface area (Å²) in [5.41, 5.74) is 0. The standard InChI is InChI=1S/C10H14NO.ClH/c1-9(11(2)3)12-10-7-5-4-6-8-10;/h4-8H,1-3H3;1H/q+1;/p-1. The summed E-state index contributed by atoms with van der Waals surface area (Å²) in [5.74, 6) is 1.77. The largest absolute Gasteiger partial charge is 1.00 e. The highest BCUT2D eigenvalue weighted by atomic mass is 35.5. The first-order valence-corrected chi connectivity index (χ1v) is 3.94. The number of hydrogen-bond donors (Lipinski definition) is 0. The van der Waals surface area contributed by atoms with Crippen LogP contribution >= 0.6 is 0 Å². The molecule has 0 spiro atoms. The van der Waals surface area contributed by atoms with Gasteiger partial charge in [0.1, 0.15) is 19.8 Å². The van der Waals surface area contributed by atoms with Gasteiger partial charge in [-0.25, -0.2) is 4.58 Å². The van der Waals surface area contributed by atoms with Gasteiger partial charge in [0.25, 0.3) is 0 Å². The normalized spacial score (nSPS) is 8.54. The number of nitrogens with zero attached hydrogens (tertiary/aromatic N) is 1. The van der Waals surface area contributed by atoms with E-state index in [1.807, 2.05) is 55.9 Å². The molecule has 0 amide bonds. The van der Waals surface area contributed by atoms with Crippen molar-refractivity contribution < 1.29 is 21.7 Å². The van der Waals surface area contributed by atoms with E-state index in [-0.39, 0.29) is 12.4 Å². The van der Waals surface area contributed by atoms with Gasteiger partial charge < -0.3 is 17.1 Å². The van der Waals surface area contributed by atoms with Crippen LogP contribution in [0.25, 0.3) is 0 Å². The van der Waals surface area contributed by atoms with Crippen LogP contribution in [0.3, 0.4) is 0 Å². The Morgan fingerprint density at radius 3 is 2.15 bits per heavy atom. The average molecular weight is 200 g/mol. The highest BCUT2D eigenvalue weighted by Crippen LogP contribution is 2.08. The van der Waals surface area contributed by atoms with Gasteiger partial charge in [0, 0.05) is 0 Å². The fourth-order valence-corrected chi connectivity index (χ4v) is 0.750. The van der Waals surface area contributed by atoms with E-state index in [9.17, 15) is 0 Å². The maximum Gasteiger partial charge on any atom is 0.338 e. The monoisotopic (exact) mass is 199 g/mol. The Hall–Kier alpha value is -1.02. The Labute approximate surface area is 85.3 Å². The quantitative estimate of drug-likeness (QED) is 0.313. The fourth-order valence-electron chi connectivity index (χ4n) is 0.750. The summed E-state index contributed by atoms with van der Waals surface area (Å²) < 4.78 is 7.46. The van der Waals surface area contributed by atoms with Gasteiger partial charge in [-0.1, -0.05) is 18.2 Å². The van der Waals surface area contributed by atoms with E-state index in [1.54, 1.807) is 0 Å². The molecule has 1 aromatic carbocycles. The molecule has 0 heterocycles. The first kappa shape index (κ1) is 12.0. The highest BCUT2D eigenvalue weighted by Gasteiger charge is 2.01. The molecule has 0 N–H and O–H groups in total. The molecule has 0 atom stereocenters. The lowest BCUT2D eigenvalue weighted by molar-refractivity contribution is -0.472. The van der Waals surface area contributed by atoms with Crippen molar-refractivity contribution in [2.75, 3.05) is 14.1 Å². The Morgan fingerprint density at radius 1 is 1.15 bits per heavy atom. The van der Waals surface area contributed by atoms with Crippen LogP contribution in [-0.4, -0.2) is 24.6 Å². The van der Waals surface area contributed by atoms with Crippen LogP contribution in [0.5, 0.6) is 5.75 Å². The van der Waals surface area contributed by atoms with E-state index < -0.39 is 0 Å². The minimum Gasteiger partial charge on any atom is -1.00 e. The smallest absolute Gasteiger partial charge is 0.338 e. The van der Waals surface area contributed by atoms with E-state index in [4.69, 9.17) is 4.74 Å². The highest BCUT2D eigenvalue weighted by molar-refractivity contribution is 5.70. The zero-order chi connectivity index (χ0) is 8.97. The van der Waals surface area contributed by atoms with E-state index >= 15 is 0 Å². The number of benzene rings is 1.